The summed E-state index contributed by atoms with van der Waals surface area (Å²) in [6, 6.07) is 3.91. The summed E-state index contributed by atoms with van der Waals surface area (Å²) in [6.45, 7) is 0.423. The van der Waals surface area contributed by atoms with Crippen molar-refractivity contribution in [3.8, 4) is 11.5 Å². The quantitative estimate of drug-likeness (QED) is 0.165. The maximum atomic E-state index is 11.8. The minimum absolute atomic E-state index is 0.0279. The Morgan fingerprint density at radius 1 is 1.38 bits per heavy atom. The van der Waals surface area contributed by atoms with Gasteiger partial charge in [0.25, 0.3) is 0 Å². The van der Waals surface area contributed by atoms with Gasteiger partial charge in [-0.25, -0.2) is 0 Å². The SMILES string of the molecule is COC(=O)C(CCCCNC(=O)/C=C/c1ccc(O)c(OC)c1)N=[N+]=[N-]. The van der Waals surface area contributed by atoms with Gasteiger partial charge in [-0.15, -0.1) is 0 Å². The van der Waals surface area contributed by atoms with E-state index in [1.807, 2.05) is 0 Å². The first-order chi connectivity index (χ1) is 12.5. The third-order valence-corrected chi connectivity index (χ3v) is 3.50. The molecular weight excluding hydrogens is 340 g/mol. The van der Waals surface area contributed by atoms with Crippen LogP contribution in [-0.2, 0) is 14.3 Å². The van der Waals surface area contributed by atoms with Crippen LogP contribution in [0.5, 0.6) is 11.5 Å². The van der Waals surface area contributed by atoms with Crippen molar-refractivity contribution >= 4 is 18.0 Å². The van der Waals surface area contributed by atoms with Crippen LogP contribution in [0.2, 0.25) is 0 Å². The second-order valence-corrected chi connectivity index (χ2v) is 5.30. The number of carbonyl (C=O) groups excluding carboxylic acids is 2. The summed E-state index contributed by atoms with van der Waals surface area (Å²) >= 11 is 0. The topological polar surface area (TPSA) is 134 Å². The molecule has 9 heteroatoms. The molecule has 2 N–H and O–H groups in total. The van der Waals surface area contributed by atoms with Crippen molar-refractivity contribution in [1.29, 1.82) is 0 Å². The molecule has 140 valence electrons. The first kappa shape index (κ1) is 20.9. The average Bonchev–Trinajstić information content (AvgIpc) is 2.65. The van der Waals surface area contributed by atoms with Crippen LogP contribution >= 0.6 is 0 Å². The van der Waals surface area contributed by atoms with Crippen molar-refractivity contribution in [3.05, 3.63) is 40.3 Å². The second-order valence-electron chi connectivity index (χ2n) is 5.30. The highest BCUT2D eigenvalue weighted by Crippen LogP contribution is 2.26. The standard InChI is InChI=1S/C17H22N4O5/c1-25-15-11-12(6-8-14(15)22)7-9-16(23)19-10-4-3-5-13(20-21-18)17(24)26-2/h6-9,11,13,22H,3-5,10H2,1-2H3,(H,19,23)/b9-7+. The van der Waals surface area contributed by atoms with E-state index in [1.165, 1.54) is 26.4 Å². The lowest BCUT2D eigenvalue weighted by atomic mass is 10.1. The number of hydrogen-bond donors (Lipinski definition) is 2. The molecule has 1 aromatic rings. The molecule has 0 spiro atoms. The highest BCUT2D eigenvalue weighted by Gasteiger charge is 2.16. The average molecular weight is 362 g/mol. The Bertz CT molecular complexity index is 698. The van der Waals surface area contributed by atoms with Crippen LogP contribution in [0.3, 0.4) is 0 Å². The van der Waals surface area contributed by atoms with E-state index in [1.54, 1.807) is 18.2 Å². The number of phenols is 1. The first-order valence-corrected chi connectivity index (χ1v) is 7.96. The summed E-state index contributed by atoms with van der Waals surface area (Å²) in [6.07, 6.45) is 4.56. The smallest absolute Gasteiger partial charge is 0.314 e. The number of hydrogen-bond acceptors (Lipinski definition) is 6. The fourth-order valence-corrected chi connectivity index (χ4v) is 2.12. The number of azide groups is 1. The zero-order valence-electron chi connectivity index (χ0n) is 14.7. The number of benzene rings is 1. The Labute approximate surface area is 151 Å². The Kier molecular flexibility index (Phi) is 9.13. The molecule has 0 aliphatic carbocycles. The normalized spacial score (nSPS) is 11.5. The number of rotatable bonds is 10. The summed E-state index contributed by atoms with van der Waals surface area (Å²) in [5.74, 6) is -0.483. The van der Waals surface area contributed by atoms with E-state index in [4.69, 9.17) is 10.3 Å². The largest absolute Gasteiger partial charge is 0.504 e. The number of aromatic hydroxyl groups is 1. The summed E-state index contributed by atoms with van der Waals surface area (Å²) in [7, 11) is 2.68. The lowest BCUT2D eigenvalue weighted by Gasteiger charge is -2.08. The van der Waals surface area contributed by atoms with Crippen LogP contribution in [0.1, 0.15) is 24.8 Å². The molecule has 0 heterocycles. The van der Waals surface area contributed by atoms with Crippen molar-refractivity contribution in [2.24, 2.45) is 5.11 Å². The number of nitrogens with one attached hydrogen (secondary N) is 1. The van der Waals surface area contributed by atoms with Crippen molar-refractivity contribution < 1.29 is 24.2 Å². The van der Waals surface area contributed by atoms with E-state index in [2.05, 4.69) is 20.1 Å². The van der Waals surface area contributed by atoms with Gasteiger partial charge in [0, 0.05) is 17.5 Å². The monoisotopic (exact) mass is 362 g/mol. The van der Waals surface area contributed by atoms with Gasteiger partial charge in [0.2, 0.25) is 5.91 Å². The first-order valence-electron chi connectivity index (χ1n) is 7.96. The summed E-state index contributed by atoms with van der Waals surface area (Å²) in [5.41, 5.74) is 9.13. The fraction of sp³-hybridized carbons (Fsp3) is 0.412. The second kappa shape index (κ2) is 11.4. The minimum atomic E-state index is -0.843. The number of ether oxygens (including phenoxy) is 2. The van der Waals surface area contributed by atoms with Crippen LogP contribution in [0.15, 0.2) is 29.4 Å². The maximum absolute atomic E-state index is 11.8. The number of unbranched alkanes of at least 4 members (excludes halogenated alkanes) is 1. The molecule has 0 aromatic heterocycles. The Hall–Kier alpha value is -3.19. The molecule has 9 nitrogen and oxygen atoms in total. The molecule has 0 radical (unpaired) electrons. The molecule has 1 unspecified atom stereocenters. The van der Waals surface area contributed by atoms with E-state index in [9.17, 15) is 14.7 Å². The Morgan fingerprint density at radius 3 is 2.81 bits per heavy atom. The van der Waals surface area contributed by atoms with Gasteiger partial charge in [-0.2, -0.15) is 0 Å². The number of nitrogens with zero attached hydrogens (tertiary/aromatic N) is 3. The van der Waals surface area contributed by atoms with Crippen molar-refractivity contribution in [3.63, 3.8) is 0 Å². The van der Waals surface area contributed by atoms with Crippen molar-refractivity contribution in [2.75, 3.05) is 20.8 Å². The predicted molar refractivity (Wildman–Crippen MR) is 95.5 cm³/mol. The molecule has 1 rings (SSSR count). The van der Waals surface area contributed by atoms with Crippen LogP contribution in [0.4, 0.5) is 0 Å². The summed E-state index contributed by atoms with van der Waals surface area (Å²) < 4.78 is 9.55. The van der Waals surface area contributed by atoms with Gasteiger partial charge in [-0.3, -0.25) is 9.59 Å². The van der Waals surface area contributed by atoms with Gasteiger partial charge in [0.1, 0.15) is 6.04 Å². The zero-order valence-corrected chi connectivity index (χ0v) is 14.7. The van der Waals surface area contributed by atoms with E-state index in [0.717, 1.165) is 0 Å². The number of methoxy groups -OCH3 is 2. The third-order valence-electron chi connectivity index (χ3n) is 3.50. The molecule has 0 bridgehead atoms. The van der Waals surface area contributed by atoms with Crippen LogP contribution in [0.25, 0.3) is 16.5 Å². The summed E-state index contributed by atoms with van der Waals surface area (Å²) in [4.78, 5) is 25.8. The van der Waals surface area contributed by atoms with Gasteiger partial charge in [-0.1, -0.05) is 17.6 Å². The molecule has 26 heavy (non-hydrogen) atoms. The molecule has 1 atom stereocenters. The van der Waals surface area contributed by atoms with Crippen LogP contribution in [0, 0.1) is 0 Å². The highest BCUT2D eigenvalue weighted by atomic mass is 16.5. The van der Waals surface area contributed by atoms with E-state index >= 15 is 0 Å². The van der Waals surface area contributed by atoms with Crippen LogP contribution in [-0.4, -0.2) is 43.8 Å². The number of amides is 1. The van der Waals surface area contributed by atoms with Gasteiger partial charge >= 0.3 is 5.97 Å². The molecule has 0 saturated carbocycles. The highest BCUT2D eigenvalue weighted by molar-refractivity contribution is 5.91. The Morgan fingerprint density at radius 2 is 2.15 bits per heavy atom. The summed E-state index contributed by atoms with van der Waals surface area (Å²) in [5, 5.41) is 15.6. The van der Waals surface area contributed by atoms with E-state index < -0.39 is 12.0 Å². The minimum Gasteiger partial charge on any atom is -0.504 e. The molecule has 1 amide bonds. The van der Waals surface area contributed by atoms with E-state index in [-0.39, 0.29) is 11.7 Å². The molecule has 0 aliphatic heterocycles. The van der Waals surface area contributed by atoms with Gasteiger partial charge in [-0.05, 0) is 42.1 Å². The zero-order chi connectivity index (χ0) is 19.4. The molecule has 0 aliphatic rings. The molecule has 0 saturated heterocycles. The fourth-order valence-electron chi connectivity index (χ4n) is 2.12. The molecule has 1 aromatic carbocycles. The lowest BCUT2D eigenvalue weighted by molar-refractivity contribution is -0.142. The predicted octanol–water partition coefficient (Wildman–Crippen LogP) is 2.55. The van der Waals surface area contributed by atoms with E-state index in [0.29, 0.717) is 37.1 Å². The van der Waals surface area contributed by atoms with Crippen molar-refractivity contribution in [1.82, 2.24) is 5.32 Å². The van der Waals surface area contributed by atoms with Gasteiger partial charge < -0.3 is 19.9 Å². The number of esters is 1. The maximum Gasteiger partial charge on any atom is 0.314 e. The third kappa shape index (κ3) is 7.14. The van der Waals surface area contributed by atoms with Crippen molar-refractivity contribution in [2.45, 2.75) is 25.3 Å². The van der Waals surface area contributed by atoms with Gasteiger partial charge in [0.15, 0.2) is 11.5 Å². The molecule has 0 fully saturated rings. The lowest BCUT2D eigenvalue weighted by Crippen LogP contribution is -2.23. The van der Waals surface area contributed by atoms with Crippen LogP contribution < -0.4 is 10.1 Å². The number of carbonyl (C=O) groups is 2. The number of phenolic OH excluding ortho intramolecular Hbond substituents is 1. The van der Waals surface area contributed by atoms with Gasteiger partial charge in [0.05, 0.1) is 14.2 Å². The Balaban J connectivity index is 2.36. The molecular formula is C17H22N4O5.